The number of carbonyl (C=O) groups excluding carboxylic acids is 1. The number of rotatable bonds is 4. The van der Waals surface area contributed by atoms with Gasteiger partial charge < -0.3 is 10.0 Å². The molecule has 0 aliphatic carbocycles. The third kappa shape index (κ3) is 4.52. The van der Waals surface area contributed by atoms with Gasteiger partial charge in [0.15, 0.2) is 0 Å². The van der Waals surface area contributed by atoms with Gasteiger partial charge in [0, 0.05) is 19.5 Å². The van der Waals surface area contributed by atoms with Gasteiger partial charge >= 0.3 is 0 Å². The fraction of sp³-hybridized carbons (Fsp3) is 0.923. The maximum absolute atomic E-state index is 12.0. The SMILES string of the molecule is CC(C)CC(C)CC(=O)N1CCCC(O)C1. The van der Waals surface area contributed by atoms with Crippen molar-refractivity contribution in [3.8, 4) is 0 Å². The molecule has 0 aromatic heterocycles. The van der Waals surface area contributed by atoms with Crippen LogP contribution in [0.2, 0.25) is 0 Å². The van der Waals surface area contributed by atoms with Crippen LogP contribution in [0.1, 0.15) is 46.5 Å². The van der Waals surface area contributed by atoms with Gasteiger partial charge in [-0.25, -0.2) is 0 Å². The monoisotopic (exact) mass is 227 g/mol. The molecule has 1 N–H and O–H groups in total. The predicted octanol–water partition coefficient (Wildman–Crippen LogP) is 2.04. The summed E-state index contributed by atoms with van der Waals surface area (Å²) in [6.07, 6.45) is 3.20. The molecule has 3 heteroatoms. The summed E-state index contributed by atoms with van der Waals surface area (Å²) in [5.41, 5.74) is 0. The van der Waals surface area contributed by atoms with Gasteiger partial charge in [-0.15, -0.1) is 0 Å². The number of hydrogen-bond donors (Lipinski definition) is 1. The fourth-order valence-corrected chi connectivity index (χ4v) is 2.50. The quantitative estimate of drug-likeness (QED) is 0.798. The van der Waals surface area contributed by atoms with E-state index in [-0.39, 0.29) is 12.0 Å². The minimum Gasteiger partial charge on any atom is -0.391 e. The van der Waals surface area contributed by atoms with Gasteiger partial charge in [-0.1, -0.05) is 20.8 Å². The minimum atomic E-state index is -0.307. The van der Waals surface area contributed by atoms with Gasteiger partial charge in [-0.2, -0.15) is 0 Å². The second-order valence-corrected chi connectivity index (χ2v) is 5.57. The van der Waals surface area contributed by atoms with Crippen molar-refractivity contribution in [1.29, 1.82) is 0 Å². The Balaban J connectivity index is 2.33. The van der Waals surface area contributed by atoms with Crippen LogP contribution in [0.3, 0.4) is 0 Å². The minimum absolute atomic E-state index is 0.215. The van der Waals surface area contributed by atoms with Crippen molar-refractivity contribution in [2.75, 3.05) is 13.1 Å². The van der Waals surface area contributed by atoms with Gasteiger partial charge in [0.25, 0.3) is 0 Å². The fourth-order valence-electron chi connectivity index (χ4n) is 2.50. The van der Waals surface area contributed by atoms with Gasteiger partial charge in [0.1, 0.15) is 0 Å². The zero-order chi connectivity index (χ0) is 12.1. The summed E-state index contributed by atoms with van der Waals surface area (Å²) < 4.78 is 0. The number of piperidine rings is 1. The molecular formula is C13H25NO2. The van der Waals surface area contributed by atoms with Crippen LogP contribution >= 0.6 is 0 Å². The number of aliphatic hydroxyl groups is 1. The van der Waals surface area contributed by atoms with Gasteiger partial charge in [0.05, 0.1) is 6.10 Å². The lowest BCUT2D eigenvalue weighted by Gasteiger charge is -2.31. The van der Waals surface area contributed by atoms with Crippen molar-refractivity contribution >= 4 is 5.91 Å². The molecule has 1 saturated heterocycles. The maximum atomic E-state index is 12.0. The molecule has 3 nitrogen and oxygen atoms in total. The van der Waals surface area contributed by atoms with E-state index in [0.29, 0.717) is 24.8 Å². The number of β-amino-alcohol motifs (C(OH)–C–C–N with tert-alkyl or cyclic N) is 1. The van der Waals surface area contributed by atoms with Gasteiger partial charge in [0.2, 0.25) is 5.91 Å². The van der Waals surface area contributed by atoms with Crippen molar-refractivity contribution in [3.05, 3.63) is 0 Å². The van der Waals surface area contributed by atoms with Crippen LogP contribution in [0.15, 0.2) is 0 Å². The molecule has 1 aliphatic rings. The smallest absolute Gasteiger partial charge is 0.222 e. The topological polar surface area (TPSA) is 40.5 Å². The maximum Gasteiger partial charge on any atom is 0.222 e. The average molecular weight is 227 g/mol. The summed E-state index contributed by atoms with van der Waals surface area (Å²) in [5.74, 6) is 1.31. The molecule has 0 radical (unpaired) electrons. The highest BCUT2D eigenvalue weighted by molar-refractivity contribution is 5.76. The Kier molecular flexibility index (Phi) is 5.26. The summed E-state index contributed by atoms with van der Waals surface area (Å²) in [6.45, 7) is 7.87. The van der Waals surface area contributed by atoms with Crippen LogP contribution < -0.4 is 0 Å². The average Bonchev–Trinajstić information content (AvgIpc) is 2.16. The number of likely N-dealkylation sites (tertiary alicyclic amines) is 1. The van der Waals surface area contributed by atoms with Gasteiger partial charge in [-0.05, 0) is 31.1 Å². The largest absolute Gasteiger partial charge is 0.391 e. The van der Waals surface area contributed by atoms with Crippen LogP contribution in [-0.4, -0.2) is 35.1 Å². The lowest BCUT2D eigenvalue weighted by Crippen LogP contribution is -2.42. The van der Waals surface area contributed by atoms with Crippen LogP contribution in [0.5, 0.6) is 0 Å². The van der Waals surface area contributed by atoms with Gasteiger partial charge in [-0.3, -0.25) is 4.79 Å². The number of amides is 1. The standard InChI is InChI=1S/C13H25NO2/c1-10(2)7-11(3)8-13(16)14-6-4-5-12(15)9-14/h10-12,15H,4-9H2,1-3H3. The first-order chi connectivity index (χ1) is 7.49. The molecule has 2 atom stereocenters. The Morgan fingerprint density at radius 1 is 1.44 bits per heavy atom. The Bertz CT molecular complexity index is 228. The Morgan fingerprint density at radius 2 is 2.12 bits per heavy atom. The highest BCUT2D eigenvalue weighted by Crippen LogP contribution is 2.18. The molecule has 1 amide bonds. The highest BCUT2D eigenvalue weighted by Gasteiger charge is 2.23. The van der Waals surface area contributed by atoms with E-state index in [1.165, 1.54) is 0 Å². The Morgan fingerprint density at radius 3 is 2.69 bits per heavy atom. The summed E-state index contributed by atoms with van der Waals surface area (Å²) >= 11 is 0. The summed E-state index contributed by atoms with van der Waals surface area (Å²) in [4.78, 5) is 13.8. The van der Waals surface area contributed by atoms with Crippen LogP contribution in [0.25, 0.3) is 0 Å². The van der Waals surface area contributed by atoms with Crippen LogP contribution in [-0.2, 0) is 4.79 Å². The summed E-state index contributed by atoms with van der Waals surface area (Å²) in [5, 5.41) is 9.51. The molecule has 1 heterocycles. The lowest BCUT2D eigenvalue weighted by atomic mass is 9.95. The Labute approximate surface area is 98.8 Å². The van der Waals surface area contributed by atoms with E-state index in [1.807, 2.05) is 4.90 Å². The third-order valence-electron chi connectivity index (χ3n) is 3.15. The third-order valence-corrected chi connectivity index (χ3v) is 3.15. The summed E-state index contributed by atoms with van der Waals surface area (Å²) in [6, 6.07) is 0. The number of aliphatic hydroxyl groups excluding tert-OH is 1. The molecule has 1 fully saturated rings. The molecule has 0 bridgehead atoms. The molecule has 94 valence electrons. The highest BCUT2D eigenvalue weighted by atomic mass is 16.3. The Hall–Kier alpha value is -0.570. The number of nitrogens with zero attached hydrogens (tertiary/aromatic N) is 1. The summed E-state index contributed by atoms with van der Waals surface area (Å²) in [7, 11) is 0. The normalized spacial score (nSPS) is 23.6. The van der Waals surface area contributed by atoms with Crippen molar-refractivity contribution in [3.63, 3.8) is 0 Å². The molecular weight excluding hydrogens is 202 g/mol. The predicted molar refractivity (Wildman–Crippen MR) is 65.1 cm³/mol. The second kappa shape index (κ2) is 6.24. The zero-order valence-electron chi connectivity index (χ0n) is 10.8. The van der Waals surface area contributed by atoms with Crippen molar-refractivity contribution in [1.82, 2.24) is 4.90 Å². The zero-order valence-corrected chi connectivity index (χ0v) is 10.8. The first-order valence-electron chi connectivity index (χ1n) is 6.45. The molecule has 0 spiro atoms. The molecule has 1 rings (SSSR count). The number of hydrogen-bond acceptors (Lipinski definition) is 2. The van der Waals surface area contributed by atoms with Crippen LogP contribution in [0.4, 0.5) is 0 Å². The number of carbonyl (C=O) groups is 1. The molecule has 2 unspecified atom stereocenters. The van der Waals surface area contributed by atoms with Crippen LogP contribution in [0, 0.1) is 11.8 Å². The molecule has 0 aromatic carbocycles. The first-order valence-corrected chi connectivity index (χ1v) is 6.45. The van der Waals surface area contributed by atoms with E-state index in [2.05, 4.69) is 20.8 Å². The molecule has 1 aliphatic heterocycles. The van der Waals surface area contributed by atoms with Crippen molar-refractivity contribution in [2.24, 2.45) is 11.8 Å². The second-order valence-electron chi connectivity index (χ2n) is 5.57. The molecule has 0 aromatic rings. The first kappa shape index (κ1) is 13.5. The van der Waals surface area contributed by atoms with E-state index in [1.54, 1.807) is 0 Å². The van der Waals surface area contributed by atoms with Crippen molar-refractivity contribution < 1.29 is 9.90 Å². The lowest BCUT2D eigenvalue weighted by molar-refractivity contribution is -0.135. The van der Waals surface area contributed by atoms with Crippen molar-refractivity contribution in [2.45, 2.75) is 52.6 Å². The van der Waals surface area contributed by atoms with E-state index < -0.39 is 0 Å². The van der Waals surface area contributed by atoms with E-state index >= 15 is 0 Å². The van der Waals surface area contributed by atoms with E-state index in [9.17, 15) is 9.90 Å². The molecule has 0 saturated carbocycles. The van der Waals surface area contributed by atoms with E-state index in [4.69, 9.17) is 0 Å². The van der Waals surface area contributed by atoms with E-state index in [0.717, 1.165) is 25.8 Å². The molecule has 16 heavy (non-hydrogen) atoms.